The number of aliphatic hydroxyl groups is 1. The van der Waals surface area contributed by atoms with E-state index in [1.54, 1.807) is 0 Å². The summed E-state index contributed by atoms with van der Waals surface area (Å²) in [4.78, 5) is 0. The zero-order valence-corrected chi connectivity index (χ0v) is 23.0. The summed E-state index contributed by atoms with van der Waals surface area (Å²) in [5, 5.41) is 8.91. The van der Waals surface area contributed by atoms with Crippen LogP contribution in [0.2, 0.25) is 0 Å². The maximum absolute atomic E-state index is 8.91. The van der Waals surface area contributed by atoms with E-state index in [-0.39, 0.29) is 6.10 Å². The number of hydrogen-bond donors (Lipinski definition) is 1. The number of halogens is 2. The van der Waals surface area contributed by atoms with Gasteiger partial charge in [0.05, 0.1) is 6.10 Å². The van der Waals surface area contributed by atoms with Crippen molar-refractivity contribution >= 4 is 38.3 Å². The predicted octanol–water partition coefficient (Wildman–Crippen LogP) is 8.08. The van der Waals surface area contributed by atoms with Gasteiger partial charge < -0.3 is 5.11 Å². The van der Waals surface area contributed by atoms with Crippen LogP contribution in [-0.2, 0) is 13.5 Å². The van der Waals surface area contributed by atoms with Gasteiger partial charge in [-0.3, -0.25) is 0 Å². The van der Waals surface area contributed by atoms with E-state index in [9.17, 15) is 0 Å². The molecule has 2 aromatic rings. The summed E-state index contributed by atoms with van der Waals surface area (Å²) < 4.78 is 1.12. The van der Waals surface area contributed by atoms with Crippen LogP contribution in [0, 0.1) is 0 Å². The molecule has 0 amide bonds. The van der Waals surface area contributed by atoms with Gasteiger partial charge in [0.25, 0.3) is 0 Å². The first kappa shape index (κ1) is 26.3. The summed E-state index contributed by atoms with van der Waals surface area (Å²) in [6.45, 7) is 0. The van der Waals surface area contributed by atoms with Crippen LogP contribution in [0.25, 0.3) is 5.57 Å². The van der Waals surface area contributed by atoms with Crippen LogP contribution < -0.4 is 0 Å². The molecule has 0 spiro atoms. The van der Waals surface area contributed by atoms with E-state index in [0.29, 0.717) is 0 Å². The average Bonchev–Trinajstić information content (AvgIpc) is 3.22. The molecule has 0 aromatic heterocycles. The second-order valence-corrected chi connectivity index (χ2v) is 15.4. The number of allylic oxidation sites excluding steroid dienone is 1. The number of aliphatic hydroxyl groups excluding tert-OH is 1. The first-order chi connectivity index (χ1) is 15.6. The van der Waals surface area contributed by atoms with Gasteiger partial charge in [-0.1, -0.05) is 38.5 Å². The van der Waals surface area contributed by atoms with E-state index in [1.807, 2.05) is 24.3 Å². The third-order valence-electron chi connectivity index (χ3n) is 6.19. The zero-order chi connectivity index (χ0) is 22.8. The Labute approximate surface area is 209 Å². The van der Waals surface area contributed by atoms with Crippen molar-refractivity contribution in [1.29, 1.82) is 0 Å². The number of benzene rings is 2. The fourth-order valence-electron chi connectivity index (χ4n) is 4.38. The molecule has 3 aliphatic rings. The van der Waals surface area contributed by atoms with Crippen molar-refractivity contribution in [3.8, 4) is 0 Å². The second kappa shape index (κ2) is 14.1. The van der Waals surface area contributed by atoms with Crippen LogP contribution in [0.3, 0.4) is 0 Å². The molecule has 2 saturated carbocycles. The van der Waals surface area contributed by atoms with Crippen molar-refractivity contribution < 1.29 is 18.6 Å². The van der Waals surface area contributed by atoms with Crippen LogP contribution in [0.1, 0.15) is 80.9 Å². The molecule has 5 rings (SSSR count). The normalized spacial score (nSPS) is 19.1. The van der Waals surface area contributed by atoms with Gasteiger partial charge in [-0.2, -0.15) is 0 Å². The first-order valence-electron chi connectivity index (χ1n) is 11.7. The molecule has 0 aliphatic heterocycles. The molecule has 1 atom stereocenters. The van der Waals surface area contributed by atoms with E-state index < -0.39 is 13.5 Å². The third kappa shape index (κ3) is 8.15. The van der Waals surface area contributed by atoms with E-state index in [4.69, 9.17) is 24.5 Å². The SMILES string of the molecule is OC1CCCCC1.PC1CCCCC1.[Cl][Ru]([Cl])=[C]1C=C(c2ccccc2)c2ccccc21. The van der Waals surface area contributed by atoms with Crippen molar-refractivity contribution in [2.75, 3.05) is 0 Å². The van der Waals surface area contributed by atoms with Gasteiger partial charge >= 0.3 is 120 Å². The van der Waals surface area contributed by atoms with E-state index in [0.717, 1.165) is 22.6 Å². The summed E-state index contributed by atoms with van der Waals surface area (Å²) in [5.41, 5.74) is 5.82. The standard InChI is InChI=1S/C15H10.C6H12O.C6H13P.2ClH.Ru/c1-2-6-12(7-3-1)15-11-10-13-8-4-5-9-14(13)15;2*7-6-4-2-1-3-5-6;;;/h1-9,11H;6-7H,1-5H2;6H,1-5,7H2;2*1H;/q;;;;;+2/p-2. The minimum atomic E-state index is -1.88. The minimum absolute atomic E-state index is 0.0359. The topological polar surface area (TPSA) is 20.2 Å². The third-order valence-corrected chi connectivity index (χ3v) is 9.99. The van der Waals surface area contributed by atoms with Crippen molar-refractivity contribution in [3.63, 3.8) is 0 Å². The number of rotatable bonds is 1. The Morgan fingerprint density at radius 2 is 1.25 bits per heavy atom. The van der Waals surface area contributed by atoms with Gasteiger partial charge in [0, 0.05) is 0 Å². The van der Waals surface area contributed by atoms with Gasteiger partial charge in [0.1, 0.15) is 0 Å². The molecule has 1 unspecified atom stereocenters. The summed E-state index contributed by atoms with van der Waals surface area (Å²) in [6, 6.07) is 18.7. The summed E-state index contributed by atoms with van der Waals surface area (Å²) in [7, 11) is 15.3. The Morgan fingerprint density at radius 1 is 0.719 bits per heavy atom. The summed E-state index contributed by atoms with van der Waals surface area (Å²) in [5.74, 6) is 0. The molecule has 3 aliphatic carbocycles. The molecule has 2 fully saturated rings. The molecule has 32 heavy (non-hydrogen) atoms. The second-order valence-electron chi connectivity index (χ2n) is 8.68. The van der Waals surface area contributed by atoms with Gasteiger partial charge in [-0.15, -0.1) is 9.24 Å². The first-order valence-corrected chi connectivity index (χ1v) is 17.7. The Hall–Kier alpha value is -0.357. The average molecular weight is 579 g/mol. The van der Waals surface area contributed by atoms with Crippen LogP contribution in [0.15, 0.2) is 60.7 Å². The quantitative estimate of drug-likeness (QED) is 0.268. The molecular weight excluding hydrogens is 543 g/mol. The molecule has 5 heteroatoms. The van der Waals surface area contributed by atoms with Crippen LogP contribution in [0.4, 0.5) is 0 Å². The fraction of sp³-hybridized carbons (Fsp3) is 0.444. The maximum atomic E-state index is 8.91. The molecule has 176 valence electrons. The van der Waals surface area contributed by atoms with Crippen molar-refractivity contribution in [3.05, 3.63) is 77.4 Å². The van der Waals surface area contributed by atoms with Crippen LogP contribution in [-0.4, -0.2) is 21.0 Å². The van der Waals surface area contributed by atoms with Gasteiger partial charge in [0.2, 0.25) is 0 Å². The molecule has 2 aromatic carbocycles. The van der Waals surface area contributed by atoms with Crippen molar-refractivity contribution in [1.82, 2.24) is 0 Å². The van der Waals surface area contributed by atoms with Gasteiger partial charge in [-0.05, 0) is 31.3 Å². The molecule has 0 saturated heterocycles. The van der Waals surface area contributed by atoms with Crippen LogP contribution in [0.5, 0.6) is 0 Å². The molecule has 1 nitrogen and oxygen atoms in total. The predicted molar refractivity (Wildman–Crippen MR) is 141 cm³/mol. The van der Waals surface area contributed by atoms with Crippen molar-refractivity contribution in [2.24, 2.45) is 0 Å². The molecule has 0 heterocycles. The molecular formula is C27H35Cl2OPRu. The van der Waals surface area contributed by atoms with Gasteiger partial charge in [0.15, 0.2) is 0 Å². The van der Waals surface area contributed by atoms with E-state index in [2.05, 4.69) is 45.6 Å². The van der Waals surface area contributed by atoms with Crippen LogP contribution >= 0.6 is 28.6 Å². The Morgan fingerprint density at radius 3 is 1.72 bits per heavy atom. The molecule has 0 bridgehead atoms. The number of fused-ring (bicyclic) bond motifs is 1. The zero-order valence-electron chi connectivity index (χ0n) is 18.6. The Bertz CT molecular complexity index is 881. The Balaban J connectivity index is 0.000000169. The summed E-state index contributed by atoms with van der Waals surface area (Å²) >= 11 is -1.88. The van der Waals surface area contributed by atoms with E-state index in [1.165, 1.54) is 73.6 Å². The molecule has 0 radical (unpaired) electrons. The summed E-state index contributed by atoms with van der Waals surface area (Å²) in [6.07, 6.45) is 15.4. The number of hydrogen-bond acceptors (Lipinski definition) is 1. The molecule has 1 N–H and O–H groups in total. The monoisotopic (exact) mass is 578 g/mol. The van der Waals surface area contributed by atoms with Gasteiger partial charge in [-0.25, -0.2) is 0 Å². The fourth-order valence-corrected chi connectivity index (χ4v) is 7.33. The van der Waals surface area contributed by atoms with E-state index >= 15 is 0 Å². The van der Waals surface area contributed by atoms with Crippen molar-refractivity contribution in [2.45, 2.75) is 76.0 Å². The Kier molecular flexibility index (Phi) is 11.6.